The Bertz CT molecular complexity index is 506. The van der Waals surface area contributed by atoms with Gasteiger partial charge in [0.05, 0.1) is 6.10 Å². The van der Waals surface area contributed by atoms with Crippen molar-refractivity contribution in [2.45, 2.75) is 57.0 Å². The van der Waals surface area contributed by atoms with Crippen LogP contribution in [0.4, 0.5) is 0 Å². The maximum atomic E-state index is 11.7. The molecule has 2 atom stereocenters. The molecule has 0 saturated carbocycles. The Morgan fingerprint density at radius 2 is 1.81 bits per heavy atom. The van der Waals surface area contributed by atoms with E-state index in [9.17, 15) is 15.0 Å². The van der Waals surface area contributed by atoms with Crippen molar-refractivity contribution in [1.29, 1.82) is 0 Å². The predicted molar refractivity (Wildman–Crippen MR) is 83.2 cm³/mol. The number of aliphatic hydroxyl groups is 1. The Kier molecular flexibility index (Phi) is 5.18. The molecule has 1 aliphatic rings. The van der Waals surface area contributed by atoms with Crippen molar-refractivity contribution in [1.82, 2.24) is 0 Å². The van der Waals surface area contributed by atoms with Crippen molar-refractivity contribution < 1.29 is 15.0 Å². The van der Waals surface area contributed by atoms with Crippen LogP contribution in [0.15, 0.2) is 42.0 Å². The molecule has 2 N–H and O–H groups in total. The molecule has 0 spiro atoms. The number of aliphatic carboxylic acids is 1. The van der Waals surface area contributed by atoms with E-state index in [1.807, 2.05) is 30.3 Å². The van der Waals surface area contributed by atoms with E-state index in [0.29, 0.717) is 12.0 Å². The third-order valence-electron chi connectivity index (χ3n) is 4.25. The van der Waals surface area contributed by atoms with Gasteiger partial charge in [0.15, 0.2) is 0 Å². The summed E-state index contributed by atoms with van der Waals surface area (Å²) >= 11 is 0. The SMILES string of the molecule is CCCCCCCC(O)C1=CC1(C(=O)O)c1ccccc1. The first kappa shape index (κ1) is 15.8. The number of hydrogen-bond acceptors (Lipinski definition) is 2. The van der Waals surface area contributed by atoms with Crippen LogP contribution in [0.5, 0.6) is 0 Å². The number of benzene rings is 1. The fraction of sp³-hybridized carbons (Fsp3) is 0.500. The summed E-state index contributed by atoms with van der Waals surface area (Å²) in [7, 11) is 0. The van der Waals surface area contributed by atoms with E-state index in [4.69, 9.17) is 0 Å². The second kappa shape index (κ2) is 6.90. The Labute approximate surface area is 126 Å². The molecule has 0 amide bonds. The molecule has 0 heterocycles. The number of aliphatic hydroxyl groups excluding tert-OH is 1. The minimum absolute atomic E-state index is 0.636. The fourth-order valence-electron chi connectivity index (χ4n) is 2.91. The lowest BCUT2D eigenvalue weighted by Gasteiger charge is -2.17. The first-order valence-electron chi connectivity index (χ1n) is 7.83. The van der Waals surface area contributed by atoms with Crippen LogP contribution in [0.1, 0.15) is 51.0 Å². The van der Waals surface area contributed by atoms with Gasteiger partial charge in [0.25, 0.3) is 0 Å². The molecule has 1 aliphatic carbocycles. The molecule has 2 unspecified atom stereocenters. The highest BCUT2D eigenvalue weighted by atomic mass is 16.4. The largest absolute Gasteiger partial charge is 0.480 e. The van der Waals surface area contributed by atoms with Gasteiger partial charge in [0, 0.05) is 0 Å². The molecule has 3 nitrogen and oxygen atoms in total. The summed E-state index contributed by atoms with van der Waals surface area (Å²) in [6.07, 6.45) is 7.37. The van der Waals surface area contributed by atoms with Crippen molar-refractivity contribution >= 4 is 5.97 Å². The molecule has 0 saturated heterocycles. The number of hydrogen-bond donors (Lipinski definition) is 2. The lowest BCUT2D eigenvalue weighted by Crippen LogP contribution is -2.27. The van der Waals surface area contributed by atoms with E-state index in [2.05, 4.69) is 6.92 Å². The van der Waals surface area contributed by atoms with E-state index >= 15 is 0 Å². The molecule has 21 heavy (non-hydrogen) atoms. The summed E-state index contributed by atoms with van der Waals surface area (Å²) in [4.78, 5) is 11.7. The molecule has 0 radical (unpaired) electrons. The highest BCUT2D eigenvalue weighted by Crippen LogP contribution is 2.49. The molecule has 2 rings (SSSR count). The van der Waals surface area contributed by atoms with Crippen molar-refractivity contribution in [2.75, 3.05) is 0 Å². The number of unbranched alkanes of at least 4 members (excludes halogenated alkanes) is 4. The van der Waals surface area contributed by atoms with Gasteiger partial charge in [0.2, 0.25) is 0 Å². The molecule has 0 aliphatic heterocycles. The fourth-order valence-corrected chi connectivity index (χ4v) is 2.91. The number of carboxylic acids is 1. The van der Waals surface area contributed by atoms with E-state index < -0.39 is 17.5 Å². The van der Waals surface area contributed by atoms with Crippen molar-refractivity contribution in [2.24, 2.45) is 0 Å². The maximum absolute atomic E-state index is 11.7. The van der Waals surface area contributed by atoms with Crippen LogP contribution in [0.2, 0.25) is 0 Å². The summed E-state index contributed by atoms with van der Waals surface area (Å²) in [5.74, 6) is -0.895. The normalized spacial score (nSPS) is 21.7. The monoisotopic (exact) mass is 288 g/mol. The van der Waals surface area contributed by atoms with Crippen LogP contribution in [0.3, 0.4) is 0 Å². The lowest BCUT2D eigenvalue weighted by molar-refractivity contribution is -0.139. The third-order valence-corrected chi connectivity index (χ3v) is 4.25. The zero-order valence-electron chi connectivity index (χ0n) is 12.6. The highest BCUT2D eigenvalue weighted by molar-refractivity contribution is 5.95. The standard InChI is InChI=1S/C18H24O3/c1-2-3-4-5-9-12-16(19)15-13-18(15,17(20)21)14-10-7-6-8-11-14/h6-8,10-11,13,16,19H,2-5,9,12H2,1H3,(H,20,21). The molecule has 0 bridgehead atoms. The molecule has 0 aromatic heterocycles. The zero-order chi connectivity index (χ0) is 15.3. The van der Waals surface area contributed by atoms with Gasteiger partial charge in [-0.3, -0.25) is 4.79 Å². The molecule has 1 aromatic rings. The Morgan fingerprint density at radius 3 is 2.43 bits per heavy atom. The molecule has 0 fully saturated rings. The second-order valence-corrected chi connectivity index (χ2v) is 5.80. The van der Waals surface area contributed by atoms with Crippen LogP contribution in [0.25, 0.3) is 0 Å². The Hall–Kier alpha value is -1.61. The molecule has 1 aromatic carbocycles. The van der Waals surface area contributed by atoms with Gasteiger partial charge in [-0.1, -0.05) is 75.4 Å². The van der Waals surface area contributed by atoms with E-state index in [0.717, 1.165) is 18.4 Å². The van der Waals surface area contributed by atoms with Gasteiger partial charge in [-0.25, -0.2) is 0 Å². The molecular formula is C18H24O3. The van der Waals surface area contributed by atoms with Crippen molar-refractivity contribution in [3.63, 3.8) is 0 Å². The van der Waals surface area contributed by atoms with E-state index in [1.165, 1.54) is 19.3 Å². The Balaban J connectivity index is 1.92. The third kappa shape index (κ3) is 3.35. The average Bonchev–Trinajstić information content (AvgIpc) is 3.25. The minimum Gasteiger partial charge on any atom is -0.480 e. The topological polar surface area (TPSA) is 57.5 Å². The van der Waals surface area contributed by atoms with Gasteiger partial charge in [0.1, 0.15) is 5.41 Å². The predicted octanol–water partition coefficient (Wildman–Crippen LogP) is 3.67. The maximum Gasteiger partial charge on any atom is 0.322 e. The van der Waals surface area contributed by atoms with Gasteiger partial charge in [-0.2, -0.15) is 0 Å². The first-order valence-corrected chi connectivity index (χ1v) is 7.83. The zero-order valence-corrected chi connectivity index (χ0v) is 12.6. The summed E-state index contributed by atoms with van der Waals surface area (Å²) < 4.78 is 0. The second-order valence-electron chi connectivity index (χ2n) is 5.80. The van der Waals surface area contributed by atoms with Crippen molar-refractivity contribution in [3.8, 4) is 0 Å². The Morgan fingerprint density at radius 1 is 1.14 bits per heavy atom. The summed E-state index contributed by atoms with van der Waals surface area (Å²) in [6, 6.07) is 9.16. The van der Waals surface area contributed by atoms with Crippen LogP contribution in [-0.4, -0.2) is 22.3 Å². The van der Waals surface area contributed by atoms with Gasteiger partial charge in [-0.15, -0.1) is 0 Å². The van der Waals surface area contributed by atoms with Crippen LogP contribution >= 0.6 is 0 Å². The van der Waals surface area contributed by atoms with Gasteiger partial charge < -0.3 is 10.2 Å². The summed E-state index contributed by atoms with van der Waals surface area (Å²) in [5, 5.41) is 19.8. The van der Waals surface area contributed by atoms with Crippen molar-refractivity contribution in [3.05, 3.63) is 47.5 Å². The first-order chi connectivity index (χ1) is 10.1. The van der Waals surface area contributed by atoms with E-state index in [1.54, 1.807) is 6.08 Å². The number of carbonyl (C=O) groups is 1. The molecular weight excluding hydrogens is 264 g/mol. The minimum atomic E-state index is -1.07. The van der Waals surface area contributed by atoms with E-state index in [-0.39, 0.29) is 0 Å². The molecule has 114 valence electrons. The summed E-state index contributed by atoms with van der Waals surface area (Å²) in [6.45, 7) is 2.17. The van der Waals surface area contributed by atoms with Crippen LogP contribution in [-0.2, 0) is 10.2 Å². The van der Waals surface area contributed by atoms with Crippen LogP contribution < -0.4 is 0 Å². The highest BCUT2D eigenvalue weighted by Gasteiger charge is 2.54. The quantitative estimate of drug-likeness (QED) is 0.538. The summed E-state index contributed by atoms with van der Waals surface area (Å²) in [5.41, 5.74) is 0.318. The van der Waals surface area contributed by atoms with Crippen LogP contribution in [0, 0.1) is 0 Å². The van der Waals surface area contributed by atoms with Gasteiger partial charge in [-0.05, 0) is 17.6 Å². The van der Waals surface area contributed by atoms with Gasteiger partial charge >= 0.3 is 5.97 Å². The smallest absolute Gasteiger partial charge is 0.322 e. The molecule has 3 heteroatoms. The number of rotatable bonds is 9. The lowest BCUT2D eigenvalue weighted by atomic mass is 9.88. The number of carboxylic acid groups (broad SMARTS) is 1. The average molecular weight is 288 g/mol.